The summed E-state index contributed by atoms with van der Waals surface area (Å²) in [4.78, 5) is 23.8. The number of rotatable bonds is 4. The molecule has 1 unspecified atom stereocenters. The van der Waals surface area contributed by atoms with Crippen molar-refractivity contribution in [2.45, 2.75) is 19.4 Å². The number of aromatic nitrogens is 4. The number of carboxylic acid groups (broad SMARTS) is 1. The van der Waals surface area contributed by atoms with Crippen LogP contribution in [-0.4, -0.2) is 55.7 Å². The van der Waals surface area contributed by atoms with E-state index in [-0.39, 0.29) is 24.4 Å². The molecule has 0 aromatic carbocycles. The first-order valence-corrected chi connectivity index (χ1v) is 5.57. The highest BCUT2D eigenvalue weighted by atomic mass is 16.4. The van der Waals surface area contributed by atoms with Gasteiger partial charge in [0, 0.05) is 19.0 Å². The number of carboxylic acids is 1. The maximum Gasteiger partial charge on any atom is 0.318 e. The van der Waals surface area contributed by atoms with Gasteiger partial charge in [0.15, 0.2) is 5.82 Å². The zero-order chi connectivity index (χ0) is 13.1. The Bertz CT molecular complexity index is 428. The maximum absolute atomic E-state index is 11.7. The molecule has 18 heavy (non-hydrogen) atoms. The third-order valence-electron chi connectivity index (χ3n) is 2.80. The van der Waals surface area contributed by atoms with Crippen molar-refractivity contribution < 1.29 is 14.7 Å². The summed E-state index contributed by atoms with van der Waals surface area (Å²) in [6.07, 6.45) is 0.101. The highest BCUT2D eigenvalue weighted by Crippen LogP contribution is 2.19. The van der Waals surface area contributed by atoms with Gasteiger partial charge in [-0.05, 0) is 6.92 Å². The molecular weight excluding hydrogens is 240 g/mol. The van der Waals surface area contributed by atoms with Crippen LogP contribution in [-0.2, 0) is 4.79 Å². The fourth-order valence-electron chi connectivity index (χ4n) is 1.81. The minimum Gasteiger partial charge on any atom is -0.481 e. The normalized spacial score (nSPS) is 17.1. The van der Waals surface area contributed by atoms with Gasteiger partial charge in [0.05, 0.1) is 12.5 Å². The van der Waals surface area contributed by atoms with Gasteiger partial charge in [-0.2, -0.15) is 5.21 Å². The van der Waals surface area contributed by atoms with Crippen LogP contribution in [0.25, 0.3) is 0 Å². The lowest BCUT2D eigenvalue weighted by molar-refractivity contribution is -0.139. The van der Waals surface area contributed by atoms with E-state index in [1.54, 1.807) is 11.8 Å². The van der Waals surface area contributed by atoms with E-state index in [0.717, 1.165) is 0 Å². The molecule has 2 rings (SSSR count). The third-order valence-corrected chi connectivity index (χ3v) is 2.80. The van der Waals surface area contributed by atoms with E-state index in [1.165, 1.54) is 0 Å². The molecule has 1 atom stereocenters. The molecule has 0 radical (unpaired) electrons. The molecule has 0 bridgehead atoms. The number of aromatic amines is 1. The second-order valence-corrected chi connectivity index (χ2v) is 4.31. The lowest BCUT2D eigenvalue weighted by Gasteiger charge is -2.38. The first-order chi connectivity index (χ1) is 8.56. The van der Waals surface area contributed by atoms with Gasteiger partial charge < -0.3 is 15.3 Å². The Morgan fingerprint density at radius 3 is 2.89 bits per heavy atom. The van der Waals surface area contributed by atoms with Crippen LogP contribution in [0.5, 0.6) is 0 Å². The molecule has 1 aliphatic rings. The van der Waals surface area contributed by atoms with Gasteiger partial charge in [-0.15, -0.1) is 10.2 Å². The van der Waals surface area contributed by atoms with Crippen LogP contribution in [0, 0.1) is 5.92 Å². The molecule has 1 saturated heterocycles. The van der Waals surface area contributed by atoms with Crippen LogP contribution < -0.4 is 5.32 Å². The molecule has 3 N–H and O–H groups in total. The van der Waals surface area contributed by atoms with E-state index in [9.17, 15) is 9.59 Å². The summed E-state index contributed by atoms with van der Waals surface area (Å²) in [6, 6.07) is -0.580. The van der Waals surface area contributed by atoms with E-state index in [2.05, 4.69) is 25.9 Å². The molecule has 0 aliphatic carbocycles. The molecule has 1 aromatic rings. The highest BCUT2D eigenvalue weighted by molar-refractivity contribution is 5.76. The maximum atomic E-state index is 11.7. The first kappa shape index (κ1) is 12.3. The molecule has 0 saturated carbocycles. The van der Waals surface area contributed by atoms with Gasteiger partial charge in [0.25, 0.3) is 0 Å². The summed E-state index contributed by atoms with van der Waals surface area (Å²) in [6.45, 7) is 2.69. The Morgan fingerprint density at radius 1 is 1.61 bits per heavy atom. The molecule has 9 nitrogen and oxygen atoms in total. The van der Waals surface area contributed by atoms with Crippen molar-refractivity contribution >= 4 is 12.0 Å². The largest absolute Gasteiger partial charge is 0.481 e. The van der Waals surface area contributed by atoms with E-state index in [0.29, 0.717) is 18.9 Å². The Hall–Kier alpha value is -2.19. The number of carbonyl (C=O) groups is 2. The SMILES string of the molecule is CC(NC(=O)N1CC(CC(=O)O)C1)c1nn[nH]n1. The van der Waals surface area contributed by atoms with Crippen LogP contribution in [0.1, 0.15) is 25.2 Å². The first-order valence-electron chi connectivity index (χ1n) is 5.57. The number of hydrogen-bond donors (Lipinski definition) is 3. The van der Waals surface area contributed by atoms with Gasteiger partial charge >= 0.3 is 12.0 Å². The molecular formula is C9H14N6O3. The number of urea groups is 1. The average Bonchev–Trinajstić information content (AvgIpc) is 2.75. The predicted molar refractivity (Wildman–Crippen MR) is 58.4 cm³/mol. The number of nitrogens with zero attached hydrogens (tertiary/aromatic N) is 4. The zero-order valence-corrected chi connectivity index (χ0v) is 9.83. The van der Waals surface area contributed by atoms with Gasteiger partial charge in [0.2, 0.25) is 0 Å². The number of carbonyl (C=O) groups excluding carboxylic acids is 1. The standard InChI is InChI=1S/C9H14N6O3/c1-5(8-11-13-14-12-8)10-9(18)15-3-6(4-15)2-7(16)17/h5-6H,2-4H2,1H3,(H,10,18)(H,16,17)(H,11,12,13,14). The van der Waals surface area contributed by atoms with Crippen LogP contribution >= 0.6 is 0 Å². The number of amides is 2. The van der Waals surface area contributed by atoms with Crippen LogP contribution in [0.2, 0.25) is 0 Å². The minimum atomic E-state index is -0.833. The van der Waals surface area contributed by atoms with Gasteiger partial charge in [-0.25, -0.2) is 4.79 Å². The molecule has 98 valence electrons. The summed E-state index contributed by atoms with van der Waals surface area (Å²) in [5, 5.41) is 24.6. The summed E-state index contributed by atoms with van der Waals surface area (Å²) < 4.78 is 0. The van der Waals surface area contributed by atoms with Crippen molar-refractivity contribution in [3.8, 4) is 0 Å². The number of tetrazole rings is 1. The highest BCUT2D eigenvalue weighted by Gasteiger charge is 2.32. The van der Waals surface area contributed by atoms with Crippen molar-refractivity contribution in [2.24, 2.45) is 5.92 Å². The monoisotopic (exact) mass is 254 g/mol. The van der Waals surface area contributed by atoms with E-state index < -0.39 is 5.97 Å². The minimum absolute atomic E-state index is 0.0498. The third kappa shape index (κ3) is 2.73. The molecule has 1 aromatic heterocycles. The van der Waals surface area contributed by atoms with E-state index in [1.807, 2.05) is 0 Å². The Kier molecular flexibility index (Phi) is 3.40. The quantitative estimate of drug-likeness (QED) is 0.657. The summed E-state index contributed by atoms with van der Waals surface area (Å²) >= 11 is 0. The molecule has 9 heteroatoms. The lowest BCUT2D eigenvalue weighted by atomic mass is 9.97. The lowest BCUT2D eigenvalue weighted by Crippen LogP contribution is -2.54. The topological polar surface area (TPSA) is 124 Å². The number of hydrogen-bond acceptors (Lipinski definition) is 5. The fourth-order valence-corrected chi connectivity index (χ4v) is 1.81. The number of likely N-dealkylation sites (tertiary alicyclic amines) is 1. The number of aliphatic carboxylic acids is 1. The molecule has 1 aliphatic heterocycles. The van der Waals surface area contributed by atoms with Crippen molar-refractivity contribution in [1.29, 1.82) is 0 Å². The average molecular weight is 254 g/mol. The van der Waals surface area contributed by atoms with Crippen LogP contribution in [0.4, 0.5) is 4.79 Å². The van der Waals surface area contributed by atoms with Crippen LogP contribution in [0.15, 0.2) is 0 Å². The van der Waals surface area contributed by atoms with Crippen LogP contribution in [0.3, 0.4) is 0 Å². The van der Waals surface area contributed by atoms with Crippen molar-refractivity contribution in [3.05, 3.63) is 5.82 Å². The van der Waals surface area contributed by atoms with E-state index in [4.69, 9.17) is 5.11 Å². The smallest absolute Gasteiger partial charge is 0.318 e. The van der Waals surface area contributed by atoms with Gasteiger partial charge in [0.1, 0.15) is 0 Å². The number of nitrogens with one attached hydrogen (secondary N) is 2. The van der Waals surface area contributed by atoms with Crippen molar-refractivity contribution in [2.75, 3.05) is 13.1 Å². The molecule has 2 amide bonds. The van der Waals surface area contributed by atoms with Gasteiger partial charge in [-0.3, -0.25) is 4.79 Å². The second kappa shape index (κ2) is 4.98. The molecule has 0 spiro atoms. The summed E-state index contributed by atoms with van der Waals surface area (Å²) in [5.74, 6) is -0.375. The molecule has 2 heterocycles. The summed E-state index contributed by atoms with van der Waals surface area (Å²) in [5.41, 5.74) is 0. The second-order valence-electron chi connectivity index (χ2n) is 4.31. The summed E-state index contributed by atoms with van der Waals surface area (Å²) in [7, 11) is 0. The Labute approximate surface area is 103 Å². The van der Waals surface area contributed by atoms with Crippen molar-refractivity contribution in [3.63, 3.8) is 0 Å². The van der Waals surface area contributed by atoms with Crippen molar-refractivity contribution in [1.82, 2.24) is 30.8 Å². The number of H-pyrrole nitrogens is 1. The molecule has 1 fully saturated rings. The zero-order valence-electron chi connectivity index (χ0n) is 9.83. The Balaban J connectivity index is 1.75. The van der Waals surface area contributed by atoms with E-state index >= 15 is 0 Å². The Morgan fingerprint density at radius 2 is 2.33 bits per heavy atom. The predicted octanol–water partition coefficient (Wildman–Crippen LogP) is -0.623. The van der Waals surface area contributed by atoms with Gasteiger partial charge in [-0.1, -0.05) is 5.21 Å². The fraction of sp³-hybridized carbons (Fsp3) is 0.667.